The second kappa shape index (κ2) is 8.15. The molecule has 0 saturated heterocycles. The van der Waals surface area contributed by atoms with Gasteiger partial charge in [-0.3, -0.25) is 0 Å². The van der Waals surface area contributed by atoms with Crippen molar-refractivity contribution in [2.24, 2.45) is 0 Å². The number of urea groups is 1. The van der Waals surface area contributed by atoms with Crippen molar-refractivity contribution >= 4 is 6.03 Å². The zero-order valence-electron chi connectivity index (χ0n) is 13.5. The Hall–Kier alpha value is -1.59. The maximum Gasteiger partial charge on any atom is 0.315 e. The minimum Gasteiger partial charge on any atom is -0.392 e. The van der Waals surface area contributed by atoms with Crippen LogP contribution >= 0.6 is 0 Å². The summed E-state index contributed by atoms with van der Waals surface area (Å²) < 4.78 is 0. The molecule has 2 rings (SSSR count). The second-order valence-corrected chi connectivity index (χ2v) is 6.23. The standard InChI is InChI=1S/C17H27N3O2/c1-20(2)16-9-5-8-15(10-16)19-17(22)18-11-13-6-3-4-7-14(13)12-21/h3-4,6-7,15-16,21H,5,8-12H2,1-2H3,(H2,18,19,22). The third-order valence-corrected chi connectivity index (χ3v) is 4.44. The van der Waals surface area contributed by atoms with E-state index in [1.807, 2.05) is 24.3 Å². The molecule has 22 heavy (non-hydrogen) atoms. The zero-order valence-corrected chi connectivity index (χ0v) is 13.5. The van der Waals surface area contributed by atoms with Gasteiger partial charge < -0.3 is 20.6 Å². The van der Waals surface area contributed by atoms with Crippen LogP contribution in [0.1, 0.15) is 36.8 Å². The molecule has 122 valence electrons. The number of hydrogen-bond acceptors (Lipinski definition) is 3. The maximum atomic E-state index is 12.1. The van der Waals surface area contributed by atoms with Crippen molar-refractivity contribution < 1.29 is 9.90 Å². The fourth-order valence-electron chi connectivity index (χ4n) is 3.06. The Kier molecular flexibility index (Phi) is 6.21. The molecule has 1 aromatic rings. The lowest BCUT2D eigenvalue weighted by molar-refractivity contribution is 0.193. The number of aliphatic hydroxyl groups excluding tert-OH is 1. The highest BCUT2D eigenvalue weighted by molar-refractivity contribution is 5.74. The molecule has 1 saturated carbocycles. The van der Waals surface area contributed by atoms with Crippen LogP contribution in [-0.4, -0.2) is 42.2 Å². The first kappa shape index (κ1) is 16.8. The van der Waals surface area contributed by atoms with Gasteiger partial charge in [0, 0.05) is 18.6 Å². The molecule has 1 aliphatic carbocycles. The molecule has 1 fully saturated rings. The molecule has 0 radical (unpaired) electrons. The average Bonchev–Trinajstić information content (AvgIpc) is 2.53. The SMILES string of the molecule is CN(C)C1CCCC(NC(=O)NCc2ccccc2CO)C1. The van der Waals surface area contributed by atoms with E-state index >= 15 is 0 Å². The van der Waals surface area contributed by atoms with Crippen molar-refractivity contribution in [2.45, 2.75) is 50.9 Å². The van der Waals surface area contributed by atoms with E-state index in [1.165, 1.54) is 6.42 Å². The average molecular weight is 305 g/mol. The molecule has 0 spiro atoms. The Morgan fingerprint density at radius 1 is 1.27 bits per heavy atom. The quantitative estimate of drug-likeness (QED) is 0.778. The summed E-state index contributed by atoms with van der Waals surface area (Å²) in [6.07, 6.45) is 4.41. The van der Waals surface area contributed by atoms with Gasteiger partial charge in [-0.25, -0.2) is 4.79 Å². The molecule has 0 heterocycles. The lowest BCUT2D eigenvalue weighted by Gasteiger charge is -2.33. The third-order valence-electron chi connectivity index (χ3n) is 4.44. The lowest BCUT2D eigenvalue weighted by atomic mass is 9.90. The van der Waals surface area contributed by atoms with Crippen molar-refractivity contribution in [3.05, 3.63) is 35.4 Å². The largest absolute Gasteiger partial charge is 0.392 e. The number of benzene rings is 1. The van der Waals surface area contributed by atoms with E-state index in [0.29, 0.717) is 12.6 Å². The van der Waals surface area contributed by atoms with Gasteiger partial charge >= 0.3 is 6.03 Å². The van der Waals surface area contributed by atoms with Crippen LogP contribution in [0.15, 0.2) is 24.3 Å². The number of amides is 2. The summed E-state index contributed by atoms with van der Waals surface area (Å²) in [6.45, 7) is 0.430. The number of hydrogen-bond donors (Lipinski definition) is 3. The fourth-order valence-corrected chi connectivity index (χ4v) is 3.06. The number of aliphatic hydroxyl groups is 1. The van der Waals surface area contributed by atoms with Crippen LogP contribution in [0.3, 0.4) is 0 Å². The topological polar surface area (TPSA) is 64.6 Å². The summed E-state index contributed by atoms with van der Waals surface area (Å²) in [5.41, 5.74) is 1.81. The van der Waals surface area contributed by atoms with Crippen molar-refractivity contribution in [1.29, 1.82) is 0 Å². The van der Waals surface area contributed by atoms with E-state index in [2.05, 4.69) is 29.6 Å². The van der Waals surface area contributed by atoms with Crippen LogP contribution in [-0.2, 0) is 13.2 Å². The monoisotopic (exact) mass is 305 g/mol. The van der Waals surface area contributed by atoms with E-state index in [9.17, 15) is 9.90 Å². The van der Waals surface area contributed by atoms with Crippen molar-refractivity contribution in [2.75, 3.05) is 14.1 Å². The summed E-state index contributed by atoms with van der Waals surface area (Å²) in [5.74, 6) is 0. The van der Waals surface area contributed by atoms with Crippen LogP contribution in [0.2, 0.25) is 0 Å². The van der Waals surface area contributed by atoms with Crippen molar-refractivity contribution in [3.63, 3.8) is 0 Å². The van der Waals surface area contributed by atoms with Gasteiger partial charge in [0.1, 0.15) is 0 Å². The van der Waals surface area contributed by atoms with E-state index in [1.54, 1.807) is 0 Å². The molecular formula is C17H27N3O2. The van der Waals surface area contributed by atoms with E-state index in [0.717, 1.165) is 30.4 Å². The van der Waals surface area contributed by atoms with Gasteiger partial charge in [0.15, 0.2) is 0 Å². The molecule has 2 atom stereocenters. The Labute approximate surface area is 132 Å². The number of carbonyl (C=O) groups excluding carboxylic acids is 1. The van der Waals surface area contributed by atoms with E-state index in [-0.39, 0.29) is 18.7 Å². The minimum absolute atomic E-state index is 0.00733. The van der Waals surface area contributed by atoms with Gasteiger partial charge in [-0.1, -0.05) is 24.3 Å². The smallest absolute Gasteiger partial charge is 0.315 e. The highest BCUT2D eigenvalue weighted by atomic mass is 16.3. The van der Waals surface area contributed by atoms with E-state index < -0.39 is 0 Å². The first-order valence-electron chi connectivity index (χ1n) is 7.98. The van der Waals surface area contributed by atoms with Crippen LogP contribution in [0.25, 0.3) is 0 Å². The Morgan fingerprint density at radius 2 is 2.00 bits per heavy atom. The Balaban J connectivity index is 1.80. The zero-order chi connectivity index (χ0) is 15.9. The number of carbonyl (C=O) groups is 1. The molecular weight excluding hydrogens is 278 g/mol. The molecule has 5 heteroatoms. The summed E-state index contributed by atoms with van der Waals surface area (Å²) >= 11 is 0. The molecule has 2 amide bonds. The molecule has 0 bridgehead atoms. The molecule has 0 aliphatic heterocycles. The molecule has 3 N–H and O–H groups in total. The first-order chi connectivity index (χ1) is 10.6. The highest BCUT2D eigenvalue weighted by Gasteiger charge is 2.24. The van der Waals surface area contributed by atoms with E-state index in [4.69, 9.17) is 0 Å². The highest BCUT2D eigenvalue weighted by Crippen LogP contribution is 2.21. The predicted octanol–water partition coefficient (Wildman–Crippen LogP) is 1.85. The Bertz CT molecular complexity index is 491. The molecule has 1 aliphatic rings. The Morgan fingerprint density at radius 3 is 2.68 bits per heavy atom. The molecule has 5 nitrogen and oxygen atoms in total. The fraction of sp³-hybridized carbons (Fsp3) is 0.588. The summed E-state index contributed by atoms with van der Waals surface area (Å²) in [5, 5.41) is 15.3. The second-order valence-electron chi connectivity index (χ2n) is 6.23. The molecule has 0 aromatic heterocycles. The normalized spacial score (nSPS) is 21.6. The maximum absolute atomic E-state index is 12.1. The first-order valence-corrected chi connectivity index (χ1v) is 7.98. The van der Waals surface area contributed by atoms with Gasteiger partial charge in [0.05, 0.1) is 6.61 Å². The molecule has 1 aromatic carbocycles. The summed E-state index contributed by atoms with van der Waals surface area (Å²) in [7, 11) is 4.19. The third kappa shape index (κ3) is 4.71. The molecule has 2 unspecified atom stereocenters. The van der Waals surface area contributed by atoms with Gasteiger partial charge in [-0.05, 0) is 50.9 Å². The van der Waals surface area contributed by atoms with Crippen LogP contribution in [0.5, 0.6) is 0 Å². The number of nitrogens with zero attached hydrogens (tertiary/aromatic N) is 1. The predicted molar refractivity (Wildman–Crippen MR) is 87.5 cm³/mol. The number of nitrogens with one attached hydrogen (secondary N) is 2. The van der Waals surface area contributed by atoms with Crippen LogP contribution < -0.4 is 10.6 Å². The van der Waals surface area contributed by atoms with Crippen molar-refractivity contribution in [3.8, 4) is 0 Å². The number of rotatable bonds is 5. The van der Waals surface area contributed by atoms with Gasteiger partial charge in [0.25, 0.3) is 0 Å². The van der Waals surface area contributed by atoms with Crippen LogP contribution in [0, 0.1) is 0 Å². The van der Waals surface area contributed by atoms with Gasteiger partial charge in [0.2, 0.25) is 0 Å². The van der Waals surface area contributed by atoms with Gasteiger partial charge in [-0.2, -0.15) is 0 Å². The van der Waals surface area contributed by atoms with Gasteiger partial charge in [-0.15, -0.1) is 0 Å². The lowest BCUT2D eigenvalue weighted by Crippen LogP contribution is -2.47. The summed E-state index contributed by atoms with van der Waals surface area (Å²) in [4.78, 5) is 14.3. The minimum atomic E-state index is -0.128. The van der Waals surface area contributed by atoms with Crippen LogP contribution in [0.4, 0.5) is 4.79 Å². The van der Waals surface area contributed by atoms with Crippen molar-refractivity contribution in [1.82, 2.24) is 15.5 Å². The summed E-state index contributed by atoms with van der Waals surface area (Å²) in [6, 6.07) is 8.27.